The summed E-state index contributed by atoms with van der Waals surface area (Å²) in [4.78, 5) is 24.2. The lowest BCUT2D eigenvalue weighted by molar-refractivity contribution is 0.102. The van der Waals surface area contributed by atoms with Gasteiger partial charge in [0.1, 0.15) is 0 Å². The predicted molar refractivity (Wildman–Crippen MR) is 111 cm³/mol. The molecule has 5 heteroatoms. The Labute approximate surface area is 163 Å². The molecule has 3 amide bonds. The van der Waals surface area contributed by atoms with Crippen molar-refractivity contribution in [2.75, 3.05) is 10.6 Å². The Hall–Kier alpha value is -3.60. The van der Waals surface area contributed by atoms with E-state index < -0.39 is 0 Å². The van der Waals surface area contributed by atoms with Gasteiger partial charge in [-0.2, -0.15) is 0 Å². The summed E-state index contributed by atoms with van der Waals surface area (Å²) in [6.07, 6.45) is 2.08. The number of carbonyl (C=O) groups is 2. The van der Waals surface area contributed by atoms with Crippen molar-refractivity contribution in [3.05, 3.63) is 84.4 Å². The van der Waals surface area contributed by atoms with Crippen LogP contribution in [-0.4, -0.2) is 18.0 Å². The van der Waals surface area contributed by atoms with Crippen LogP contribution in [0.2, 0.25) is 0 Å². The molecule has 3 aromatic carbocycles. The molecule has 0 aliphatic heterocycles. The number of anilines is 2. The Balaban J connectivity index is 1.35. The molecule has 0 unspecified atom stereocenters. The molecule has 1 saturated carbocycles. The van der Waals surface area contributed by atoms with Crippen LogP contribution in [0.25, 0.3) is 11.1 Å². The minimum atomic E-state index is -0.210. The minimum absolute atomic E-state index is 0.193. The van der Waals surface area contributed by atoms with Crippen LogP contribution in [-0.2, 0) is 0 Å². The zero-order valence-electron chi connectivity index (χ0n) is 15.3. The van der Waals surface area contributed by atoms with Gasteiger partial charge >= 0.3 is 6.03 Å². The topological polar surface area (TPSA) is 70.2 Å². The summed E-state index contributed by atoms with van der Waals surface area (Å²) < 4.78 is 0. The third kappa shape index (κ3) is 4.57. The molecule has 0 atom stereocenters. The van der Waals surface area contributed by atoms with E-state index in [2.05, 4.69) is 16.0 Å². The maximum atomic E-state index is 12.4. The Bertz CT molecular complexity index is 963. The molecule has 28 heavy (non-hydrogen) atoms. The smallest absolute Gasteiger partial charge is 0.319 e. The summed E-state index contributed by atoms with van der Waals surface area (Å²) >= 11 is 0. The molecule has 1 aliphatic carbocycles. The van der Waals surface area contributed by atoms with Crippen LogP contribution in [0.4, 0.5) is 16.2 Å². The van der Waals surface area contributed by atoms with Gasteiger partial charge in [0.2, 0.25) is 0 Å². The zero-order valence-corrected chi connectivity index (χ0v) is 15.3. The fraction of sp³-hybridized carbons (Fsp3) is 0.130. The molecule has 3 aromatic rings. The van der Waals surface area contributed by atoms with Crippen LogP contribution in [0.5, 0.6) is 0 Å². The van der Waals surface area contributed by atoms with Crippen molar-refractivity contribution in [2.45, 2.75) is 18.9 Å². The molecule has 140 valence electrons. The normalized spacial score (nSPS) is 12.9. The molecule has 0 bridgehead atoms. The predicted octanol–water partition coefficient (Wildman–Crippen LogP) is 4.89. The van der Waals surface area contributed by atoms with E-state index in [4.69, 9.17) is 0 Å². The Morgan fingerprint density at radius 1 is 0.679 bits per heavy atom. The molecule has 0 aromatic heterocycles. The van der Waals surface area contributed by atoms with Gasteiger partial charge in [-0.25, -0.2) is 4.79 Å². The van der Waals surface area contributed by atoms with Gasteiger partial charge in [0.15, 0.2) is 0 Å². The number of amides is 3. The van der Waals surface area contributed by atoms with Gasteiger partial charge in [-0.05, 0) is 60.4 Å². The number of rotatable bonds is 5. The summed E-state index contributed by atoms with van der Waals surface area (Å²) in [5, 5.41) is 8.52. The quantitative estimate of drug-likeness (QED) is 0.598. The zero-order chi connectivity index (χ0) is 19.3. The fourth-order valence-electron chi connectivity index (χ4n) is 2.87. The highest BCUT2D eigenvalue weighted by Crippen LogP contribution is 2.22. The molecule has 0 saturated heterocycles. The first-order valence-electron chi connectivity index (χ1n) is 9.32. The Morgan fingerprint density at radius 3 is 1.89 bits per heavy atom. The summed E-state index contributed by atoms with van der Waals surface area (Å²) in [6, 6.07) is 24.7. The Kier molecular flexibility index (Phi) is 5.06. The molecular formula is C23H21N3O2. The van der Waals surface area contributed by atoms with Gasteiger partial charge in [0, 0.05) is 23.0 Å². The maximum absolute atomic E-state index is 12.4. The summed E-state index contributed by atoms with van der Waals surface area (Å²) in [5.41, 5.74) is 4.14. The molecule has 4 rings (SSSR count). The lowest BCUT2D eigenvalue weighted by Gasteiger charge is -2.09. The van der Waals surface area contributed by atoms with E-state index in [1.54, 1.807) is 24.3 Å². The standard InChI is InChI=1S/C23H21N3O2/c27-22(18-8-12-20(13-9-18)25-23(28)26-21-14-15-21)24-19-10-6-17(7-11-19)16-4-2-1-3-5-16/h1-13,21H,14-15H2,(H,24,27)(H2,25,26,28). The number of hydrogen-bond donors (Lipinski definition) is 3. The van der Waals surface area contributed by atoms with E-state index in [1.807, 2.05) is 54.6 Å². The highest BCUT2D eigenvalue weighted by Gasteiger charge is 2.23. The first-order chi connectivity index (χ1) is 13.7. The minimum Gasteiger partial charge on any atom is -0.335 e. The second-order valence-electron chi connectivity index (χ2n) is 6.85. The van der Waals surface area contributed by atoms with Gasteiger partial charge in [0.25, 0.3) is 5.91 Å². The van der Waals surface area contributed by atoms with Gasteiger partial charge < -0.3 is 16.0 Å². The number of carbonyl (C=O) groups excluding carboxylic acids is 2. The van der Waals surface area contributed by atoms with Crippen molar-refractivity contribution in [1.82, 2.24) is 5.32 Å². The van der Waals surface area contributed by atoms with Crippen LogP contribution >= 0.6 is 0 Å². The fourth-order valence-corrected chi connectivity index (χ4v) is 2.87. The van der Waals surface area contributed by atoms with Crippen LogP contribution in [0.1, 0.15) is 23.2 Å². The van der Waals surface area contributed by atoms with Crippen LogP contribution in [0, 0.1) is 0 Å². The number of hydrogen-bond acceptors (Lipinski definition) is 2. The first-order valence-corrected chi connectivity index (χ1v) is 9.32. The molecule has 0 spiro atoms. The van der Waals surface area contributed by atoms with Crippen molar-refractivity contribution in [3.8, 4) is 11.1 Å². The summed E-state index contributed by atoms with van der Waals surface area (Å²) in [5.74, 6) is -0.193. The average Bonchev–Trinajstić information content (AvgIpc) is 3.53. The molecular weight excluding hydrogens is 350 g/mol. The second-order valence-corrected chi connectivity index (χ2v) is 6.85. The lowest BCUT2D eigenvalue weighted by atomic mass is 10.1. The van der Waals surface area contributed by atoms with E-state index in [0.29, 0.717) is 17.3 Å². The third-order valence-corrected chi connectivity index (χ3v) is 4.57. The first kappa shape index (κ1) is 17.8. The highest BCUT2D eigenvalue weighted by atomic mass is 16.2. The van der Waals surface area contributed by atoms with Gasteiger partial charge in [-0.15, -0.1) is 0 Å². The molecule has 5 nitrogen and oxygen atoms in total. The van der Waals surface area contributed by atoms with Gasteiger partial charge in [-0.1, -0.05) is 42.5 Å². The van der Waals surface area contributed by atoms with Gasteiger partial charge in [0.05, 0.1) is 0 Å². The van der Waals surface area contributed by atoms with Crippen LogP contribution in [0.3, 0.4) is 0 Å². The number of nitrogens with one attached hydrogen (secondary N) is 3. The van der Waals surface area contributed by atoms with Gasteiger partial charge in [-0.3, -0.25) is 4.79 Å². The second kappa shape index (κ2) is 7.96. The van der Waals surface area contributed by atoms with E-state index in [-0.39, 0.29) is 11.9 Å². The summed E-state index contributed by atoms with van der Waals surface area (Å²) in [6.45, 7) is 0. The van der Waals surface area contributed by atoms with Crippen molar-refractivity contribution < 1.29 is 9.59 Å². The van der Waals surface area contributed by atoms with E-state index in [0.717, 1.165) is 29.7 Å². The van der Waals surface area contributed by atoms with E-state index in [9.17, 15) is 9.59 Å². The number of urea groups is 1. The molecule has 1 aliphatic rings. The molecule has 3 N–H and O–H groups in total. The van der Waals surface area contributed by atoms with Crippen LogP contribution in [0.15, 0.2) is 78.9 Å². The molecule has 0 radical (unpaired) electrons. The van der Waals surface area contributed by atoms with Crippen molar-refractivity contribution >= 4 is 23.3 Å². The van der Waals surface area contributed by atoms with E-state index in [1.165, 1.54) is 0 Å². The largest absolute Gasteiger partial charge is 0.335 e. The van der Waals surface area contributed by atoms with E-state index >= 15 is 0 Å². The molecule has 0 heterocycles. The van der Waals surface area contributed by atoms with Crippen molar-refractivity contribution in [1.29, 1.82) is 0 Å². The Morgan fingerprint density at radius 2 is 1.25 bits per heavy atom. The maximum Gasteiger partial charge on any atom is 0.319 e. The van der Waals surface area contributed by atoms with Crippen molar-refractivity contribution in [2.24, 2.45) is 0 Å². The van der Waals surface area contributed by atoms with Crippen molar-refractivity contribution in [3.63, 3.8) is 0 Å². The third-order valence-electron chi connectivity index (χ3n) is 4.57. The highest BCUT2D eigenvalue weighted by molar-refractivity contribution is 6.04. The lowest BCUT2D eigenvalue weighted by Crippen LogP contribution is -2.30. The average molecular weight is 371 g/mol. The monoisotopic (exact) mass is 371 g/mol. The summed E-state index contributed by atoms with van der Waals surface area (Å²) in [7, 11) is 0. The SMILES string of the molecule is O=C(Nc1ccc(C(=O)Nc2ccc(-c3ccccc3)cc2)cc1)NC1CC1. The van der Waals surface area contributed by atoms with Crippen LogP contribution < -0.4 is 16.0 Å². The number of benzene rings is 3. The molecule has 1 fully saturated rings.